The molecule has 17 heavy (non-hydrogen) atoms. The Bertz CT molecular complexity index is 381. The van der Waals surface area contributed by atoms with E-state index < -0.39 is 0 Å². The van der Waals surface area contributed by atoms with Gasteiger partial charge in [-0.2, -0.15) is 5.10 Å². The lowest BCUT2D eigenvalue weighted by atomic mass is 10.1. The van der Waals surface area contributed by atoms with Crippen LogP contribution in [0.25, 0.3) is 0 Å². The van der Waals surface area contributed by atoms with Gasteiger partial charge in [-0.15, -0.1) is 0 Å². The van der Waals surface area contributed by atoms with Crippen molar-refractivity contribution in [3.05, 3.63) is 5.69 Å². The Labute approximate surface area is 102 Å². The molecule has 0 aromatic carbocycles. The van der Waals surface area contributed by atoms with E-state index in [1.165, 1.54) is 0 Å². The number of nitrogens with two attached hydrogens (primary N) is 1. The van der Waals surface area contributed by atoms with Crippen LogP contribution >= 0.6 is 0 Å². The Morgan fingerprint density at radius 1 is 1.59 bits per heavy atom. The number of hydrogen-bond acceptors (Lipinski definition) is 4. The van der Waals surface area contributed by atoms with E-state index in [1.54, 1.807) is 4.68 Å². The van der Waals surface area contributed by atoms with Crippen molar-refractivity contribution >= 4 is 5.69 Å². The maximum Gasteiger partial charge on any atom is 0.235 e. The highest BCUT2D eigenvalue weighted by molar-refractivity contribution is 5.54. The molecule has 0 radical (unpaired) electrons. The molecule has 1 aliphatic heterocycles. The predicted octanol–water partition coefficient (Wildman–Crippen LogP) is 1.54. The molecule has 1 aromatic rings. The maximum absolute atomic E-state index is 6.05. The van der Waals surface area contributed by atoms with Crippen LogP contribution in [0.4, 0.5) is 5.69 Å². The lowest BCUT2D eigenvalue weighted by Crippen LogP contribution is -2.13. The lowest BCUT2D eigenvalue weighted by Gasteiger charge is -2.10. The fourth-order valence-electron chi connectivity index (χ4n) is 2.05. The van der Waals surface area contributed by atoms with E-state index in [0.29, 0.717) is 30.0 Å². The monoisotopic (exact) mass is 239 g/mol. The molecule has 2 heterocycles. The van der Waals surface area contributed by atoms with Gasteiger partial charge in [0.05, 0.1) is 18.9 Å². The number of aromatic nitrogens is 2. The van der Waals surface area contributed by atoms with Gasteiger partial charge in [0.1, 0.15) is 5.69 Å². The first-order valence-corrected chi connectivity index (χ1v) is 6.12. The highest BCUT2D eigenvalue weighted by Gasteiger charge is 2.20. The van der Waals surface area contributed by atoms with Crippen LogP contribution in [0.2, 0.25) is 0 Å². The summed E-state index contributed by atoms with van der Waals surface area (Å²) in [7, 11) is 1.86. The Kier molecular flexibility index (Phi) is 3.57. The van der Waals surface area contributed by atoms with Crippen LogP contribution in [0.5, 0.6) is 5.88 Å². The molecule has 2 N–H and O–H groups in total. The van der Waals surface area contributed by atoms with Crippen molar-refractivity contribution in [2.75, 3.05) is 25.6 Å². The van der Waals surface area contributed by atoms with Crippen LogP contribution in [0.1, 0.15) is 31.9 Å². The SMILES string of the molecule is CC(C)c1nn(C)c(OCC2CCOC2)c1N. The molecule has 2 rings (SSSR count). The van der Waals surface area contributed by atoms with Crippen LogP contribution in [0, 0.1) is 5.92 Å². The summed E-state index contributed by atoms with van der Waals surface area (Å²) in [4.78, 5) is 0. The molecule has 0 saturated carbocycles. The van der Waals surface area contributed by atoms with Gasteiger partial charge in [0, 0.05) is 19.6 Å². The summed E-state index contributed by atoms with van der Waals surface area (Å²) in [6.45, 7) is 6.43. The van der Waals surface area contributed by atoms with Gasteiger partial charge in [-0.05, 0) is 12.3 Å². The Balaban J connectivity index is 2.04. The molecule has 5 nitrogen and oxygen atoms in total. The van der Waals surface area contributed by atoms with Crippen molar-refractivity contribution in [1.82, 2.24) is 9.78 Å². The second-order valence-electron chi connectivity index (χ2n) is 4.92. The van der Waals surface area contributed by atoms with Crippen molar-refractivity contribution in [3.63, 3.8) is 0 Å². The predicted molar refractivity (Wildman–Crippen MR) is 66.1 cm³/mol. The first-order valence-electron chi connectivity index (χ1n) is 6.12. The third-order valence-corrected chi connectivity index (χ3v) is 3.08. The van der Waals surface area contributed by atoms with E-state index in [-0.39, 0.29) is 0 Å². The van der Waals surface area contributed by atoms with Gasteiger partial charge in [-0.25, -0.2) is 4.68 Å². The molecule has 1 saturated heterocycles. The Morgan fingerprint density at radius 3 is 2.88 bits per heavy atom. The van der Waals surface area contributed by atoms with Crippen LogP contribution in [-0.4, -0.2) is 29.6 Å². The highest BCUT2D eigenvalue weighted by Crippen LogP contribution is 2.30. The molecule has 1 atom stereocenters. The van der Waals surface area contributed by atoms with Gasteiger partial charge in [-0.3, -0.25) is 0 Å². The van der Waals surface area contributed by atoms with Crippen molar-refractivity contribution < 1.29 is 9.47 Å². The smallest absolute Gasteiger partial charge is 0.235 e. The number of rotatable bonds is 4. The summed E-state index contributed by atoms with van der Waals surface area (Å²) in [6, 6.07) is 0. The molecule has 1 aromatic heterocycles. The van der Waals surface area contributed by atoms with E-state index >= 15 is 0 Å². The number of nitrogens with zero attached hydrogens (tertiary/aromatic N) is 2. The fourth-order valence-corrected chi connectivity index (χ4v) is 2.05. The summed E-state index contributed by atoms with van der Waals surface area (Å²) >= 11 is 0. The highest BCUT2D eigenvalue weighted by atomic mass is 16.5. The minimum atomic E-state index is 0.313. The average Bonchev–Trinajstić information content (AvgIpc) is 2.86. The van der Waals surface area contributed by atoms with Crippen LogP contribution in [-0.2, 0) is 11.8 Å². The standard InChI is InChI=1S/C12H21N3O2/c1-8(2)11-10(13)12(15(3)14-11)17-7-9-4-5-16-6-9/h8-9H,4-7,13H2,1-3H3. The molecule has 0 spiro atoms. The molecule has 1 unspecified atom stereocenters. The Hall–Kier alpha value is -1.23. The summed E-state index contributed by atoms with van der Waals surface area (Å²) in [5.41, 5.74) is 7.63. The maximum atomic E-state index is 6.05. The van der Waals surface area contributed by atoms with E-state index in [2.05, 4.69) is 18.9 Å². The van der Waals surface area contributed by atoms with E-state index in [9.17, 15) is 0 Å². The number of aryl methyl sites for hydroxylation is 1. The quantitative estimate of drug-likeness (QED) is 0.865. The van der Waals surface area contributed by atoms with E-state index in [0.717, 1.165) is 25.3 Å². The minimum Gasteiger partial charge on any atom is -0.476 e. The summed E-state index contributed by atoms with van der Waals surface area (Å²) in [5.74, 6) is 1.47. The normalized spacial score (nSPS) is 20.1. The van der Waals surface area contributed by atoms with Crippen LogP contribution < -0.4 is 10.5 Å². The van der Waals surface area contributed by atoms with Gasteiger partial charge >= 0.3 is 0 Å². The van der Waals surface area contributed by atoms with E-state index in [4.69, 9.17) is 15.2 Å². The molecule has 5 heteroatoms. The Morgan fingerprint density at radius 2 is 2.35 bits per heavy atom. The first-order chi connectivity index (χ1) is 8.09. The molecule has 0 aliphatic carbocycles. The fraction of sp³-hybridized carbons (Fsp3) is 0.750. The largest absolute Gasteiger partial charge is 0.476 e. The second-order valence-corrected chi connectivity index (χ2v) is 4.92. The minimum absolute atomic E-state index is 0.313. The van der Waals surface area contributed by atoms with E-state index in [1.807, 2.05) is 7.05 Å². The third kappa shape index (κ3) is 2.54. The summed E-state index contributed by atoms with van der Waals surface area (Å²) in [6.07, 6.45) is 1.06. The lowest BCUT2D eigenvalue weighted by molar-refractivity contribution is 0.164. The molecule has 96 valence electrons. The zero-order chi connectivity index (χ0) is 12.4. The molecule has 1 fully saturated rings. The van der Waals surface area contributed by atoms with Crippen LogP contribution in [0.3, 0.4) is 0 Å². The van der Waals surface area contributed by atoms with Crippen molar-refractivity contribution in [1.29, 1.82) is 0 Å². The van der Waals surface area contributed by atoms with Crippen molar-refractivity contribution in [2.45, 2.75) is 26.2 Å². The molecule has 0 bridgehead atoms. The van der Waals surface area contributed by atoms with Gasteiger partial charge < -0.3 is 15.2 Å². The van der Waals surface area contributed by atoms with Gasteiger partial charge in [0.2, 0.25) is 5.88 Å². The summed E-state index contributed by atoms with van der Waals surface area (Å²) < 4.78 is 12.8. The molecule has 1 aliphatic rings. The van der Waals surface area contributed by atoms with Crippen molar-refractivity contribution in [3.8, 4) is 5.88 Å². The third-order valence-electron chi connectivity index (χ3n) is 3.08. The second kappa shape index (κ2) is 4.96. The number of hydrogen-bond donors (Lipinski definition) is 1. The van der Waals surface area contributed by atoms with Gasteiger partial charge in [0.15, 0.2) is 0 Å². The van der Waals surface area contributed by atoms with Crippen LogP contribution in [0.15, 0.2) is 0 Å². The first kappa shape index (κ1) is 12.2. The van der Waals surface area contributed by atoms with Crippen molar-refractivity contribution in [2.24, 2.45) is 13.0 Å². The zero-order valence-corrected chi connectivity index (χ0v) is 10.8. The summed E-state index contributed by atoms with van der Waals surface area (Å²) in [5, 5.41) is 4.39. The molecular formula is C12H21N3O2. The number of nitrogen functional groups attached to an aromatic ring is 1. The average molecular weight is 239 g/mol. The zero-order valence-electron chi connectivity index (χ0n) is 10.8. The number of anilines is 1. The number of ether oxygens (including phenoxy) is 2. The van der Waals surface area contributed by atoms with Gasteiger partial charge in [-0.1, -0.05) is 13.8 Å². The topological polar surface area (TPSA) is 62.3 Å². The molecular weight excluding hydrogens is 218 g/mol. The van der Waals surface area contributed by atoms with Gasteiger partial charge in [0.25, 0.3) is 0 Å². The molecule has 0 amide bonds.